The molecule has 0 saturated carbocycles. The summed E-state index contributed by atoms with van der Waals surface area (Å²) in [6, 6.07) is 14.4. The van der Waals surface area contributed by atoms with Crippen molar-refractivity contribution in [1.29, 1.82) is 0 Å². The van der Waals surface area contributed by atoms with Crippen LogP contribution in [0.15, 0.2) is 48.5 Å². The second-order valence-electron chi connectivity index (χ2n) is 5.20. The van der Waals surface area contributed by atoms with Gasteiger partial charge >= 0.3 is 0 Å². The Hall–Kier alpha value is -2.41. The Morgan fingerprint density at radius 3 is 2.50 bits per heavy atom. The van der Waals surface area contributed by atoms with Gasteiger partial charge in [0.05, 0.1) is 12.6 Å². The van der Waals surface area contributed by atoms with Crippen molar-refractivity contribution in [2.45, 2.75) is 13.0 Å². The molecular formula is C17H19ClN4O2. The van der Waals surface area contributed by atoms with E-state index in [1.165, 1.54) is 6.92 Å². The summed E-state index contributed by atoms with van der Waals surface area (Å²) in [7, 11) is 0. The highest BCUT2D eigenvalue weighted by atomic mass is 35.5. The van der Waals surface area contributed by atoms with E-state index in [-0.39, 0.29) is 24.4 Å². The number of benzene rings is 2. The summed E-state index contributed by atoms with van der Waals surface area (Å²) in [5.41, 5.74) is 4.40. The van der Waals surface area contributed by atoms with Gasteiger partial charge in [-0.2, -0.15) is 0 Å². The highest BCUT2D eigenvalue weighted by Gasteiger charge is 2.19. The van der Waals surface area contributed by atoms with Crippen LogP contribution in [-0.4, -0.2) is 18.4 Å². The summed E-state index contributed by atoms with van der Waals surface area (Å²) in [6.07, 6.45) is 0. The Morgan fingerprint density at radius 1 is 1.17 bits per heavy atom. The van der Waals surface area contributed by atoms with Gasteiger partial charge in [0.25, 0.3) is 0 Å². The lowest BCUT2D eigenvalue weighted by Gasteiger charge is -2.22. The smallest absolute Gasteiger partial charge is 0.247 e. The average Bonchev–Trinajstić information content (AvgIpc) is 2.57. The Bertz CT molecular complexity index is 722. The first-order chi connectivity index (χ1) is 11.5. The molecule has 5 N–H and O–H groups in total. The van der Waals surface area contributed by atoms with Crippen LogP contribution in [0.25, 0.3) is 0 Å². The fourth-order valence-corrected chi connectivity index (χ4v) is 2.56. The highest BCUT2D eigenvalue weighted by Crippen LogP contribution is 2.31. The number of nitrogens with two attached hydrogens (primary N) is 1. The Balaban J connectivity index is 2.44. The first kappa shape index (κ1) is 17.9. The van der Waals surface area contributed by atoms with Gasteiger partial charge in [0.2, 0.25) is 11.8 Å². The molecule has 2 rings (SSSR count). The minimum absolute atomic E-state index is 0.0160. The number of rotatable bonds is 6. The van der Waals surface area contributed by atoms with Crippen molar-refractivity contribution in [3.63, 3.8) is 0 Å². The molecule has 0 radical (unpaired) electrons. The molecule has 24 heavy (non-hydrogen) atoms. The fraction of sp³-hybridized carbons (Fsp3) is 0.176. The van der Waals surface area contributed by atoms with Crippen LogP contribution in [0.5, 0.6) is 0 Å². The maximum Gasteiger partial charge on any atom is 0.247 e. The zero-order valence-electron chi connectivity index (χ0n) is 13.2. The molecule has 0 aromatic heterocycles. The number of halogens is 1. The van der Waals surface area contributed by atoms with Crippen LogP contribution in [0.4, 0.5) is 5.69 Å². The van der Waals surface area contributed by atoms with E-state index in [4.69, 9.17) is 17.4 Å². The number of nitrogens with one attached hydrogen (secondary N) is 3. The van der Waals surface area contributed by atoms with E-state index in [0.29, 0.717) is 10.7 Å². The van der Waals surface area contributed by atoms with Gasteiger partial charge in [0.15, 0.2) is 0 Å². The van der Waals surface area contributed by atoms with E-state index >= 15 is 0 Å². The van der Waals surface area contributed by atoms with Gasteiger partial charge < -0.3 is 5.32 Å². The van der Waals surface area contributed by atoms with Crippen molar-refractivity contribution >= 4 is 29.1 Å². The molecule has 0 saturated heterocycles. The lowest BCUT2D eigenvalue weighted by Crippen LogP contribution is -2.39. The quantitative estimate of drug-likeness (QED) is 0.365. The van der Waals surface area contributed by atoms with E-state index < -0.39 is 0 Å². The molecule has 2 aromatic carbocycles. The van der Waals surface area contributed by atoms with E-state index in [1.54, 1.807) is 18.2 Å². The minimum Gasteiger partial charge on any atom is -0.326 e. The molecule has 0 aliphatic rings. The second kappa shape index (κ2) is 8.44. The number of hydrogen-bond acceptors (Lipinski definition) is 4. The molecule has 0 spiro atoms. The van der Waals surface area contributed by atoms with Crippen molar-refractivity contribution in [2.75, 3.05) is 11.9 Å². The topological polar surface area (TPSA) is 96.2 Å². The van der Waals surface area contributed by atoms with Gasteiger partial charge in [0, 0.05) is 17.6 Å². The van der Waals surface area contributed by atoms with Crippen molar-refractivity contribution in [3.8, 4) is 0 Å². The van der Waals surface area contributed by atoms with Gasteiger partial charge in [-0.25, -0.2) is 5.84 Å². The molecule has 0 bridgehead atoms. The van der Waals surface area contributed by atoms with Crippen LogP contribution in [0, 0.1) is 0 Å². The predicted molar refractivity (Wildman–Crippen MR) is 94.4 cm³/mol. The van der Waals surface area contributed by atoms with Crippen LogP contribution >= 0.6 is 11.6 Å². The Labute approximate surface area is 145 Å². The number of hydrogen-bond donors (Lipinski definition) is 4. The molecule has 2 aromatic rings. The molecule has 1 atom stereocenters. The summed E-state index contributed by atoms with van der Waals surface area (Å²) >= 11 is 6.14. The lowest BCUT2D eigenvalue weighted by molar-refractivity contribution is -0.120. The van der Waals surface area contributed by atoms with Crippen molar-refractivity contribution in [2.24, 2.45) is 5.84 Å². The molecular weight excluding hydrogens is 328 g/mol. The summed E-state index contributed by atoms with van der Waals surface area (Å²) in [4.78, 5) is 23.0. The summed E-state index contributed by atoms with van der Waals surface area (Å²) < 4.78 is 0. The molecule has 2 amide bonds. The first-order valence-electron chi connectivity index (χ1n) is 7.36. The van der Waals surface area contributed by atoms with E-state index in [0.717, 1.165) is 11.1 Å². The second-order valence-corrected chi connectivity index (χ2v) is 5.64. The maximum atomic E-state index is 11.5. The minimum atomic E-state index is -0.348. The summed E-state index contributed by atoms with van der Waals surface area (Å²) in [6.45, 7) is 1.45. The molecule has 6 nitrogen and oxygen atoms in total. The van der Waals surface area contributed by atoms with E-state index in [9.17, 15) is 9.59 Å². The third-order valence-corrected chi connectivity index (χ3v) is 3.63. The van der Waals surface area contributed by atoms with Gasteiger partial charge in [-0.05, 0) is 29.3 Å². The van der Waals surface area contributed by atoms with Crippen molar-refractivity contribution in [1.82, 2.24) is 10.7 Å². The van der Waals surface area contributed by atoms with Gasteiger partial charge in [0.1, 0.15) is 0 Å². The number of anilines is 1. The SMILES string of the molecule is CC(=O)Nc1ccc(Cl)cc1[C@@H](NCC(=O)NN)c1ccccc1. The van der Waals surface area contributed by atoms with Crippen molar-refractivity contribution < 1.29 is 9.59 Å². The predicted octanol–water partition coefficient (Wildman–Crippen LogP) is 1.97. The largest absolute Gasteiger partial charge is 0.326 e. The third-order valence-electron chi connectivity index (χ3n) is 3.40. The molecule has 0 unspecified atom stereocenters. The van der Waals surface area contributed by atoms with Crippen LogP contribution in [-0.2, 0) is 9.59 Å². The van der Waals surface area contributed by atoms with Crippen LogP contribution in [0.2, 0.25) is 5.02 Å². The lowest BCUT2D eigenvalue weighted by atomic mass is 9.97. The fourth-order valence-electron chi connectivity index (χ4n) is 2.37. The molecule has 0 aliphatic heterocycles. The summed E-state index contributed by atoms with van der Waals surface area (Å²) in [5, 5.41) is 6.46. The zero-order chi connectivity index (χ0) is 17.5. The monoisotopic (exact) mass is 346 g/mol. The average molecular weight is 347 g/mol. The van der Waals surface area contributed by atoms with Crippen molar-refractivity contribution in [3.05, 3.63) is 64.7 Å². The first-order valence-corrected chi connectivity index (χ1v) is 7.74. The third kappa shape index (κ3) is 4.79. The van der Waals surface area contributed by atoms with E-state index in [1.807, 2.05) is 30.3 Å². The molecule has 0 fully saturated rings. The van der Waals surface area contributed by atoms with Crippen LogP contribution in [0.3, 0.4) is 0 Å². The van der Waals surface area contributed by atoms with Gasteiger partial charge in [-0.15, -0.1) is 0 Å². The standard InChI is InChI=1S/C17H19ClN4O2/c1-11(23)21-15-8-7-13(18)9-14(15)17(20-10-16(24)22-19)12-5-3-2-4-6-12/h2-9,17,20H,10,19H2,1H3,(H,21,23)(H,22,24)/t17-/m0/s1. The molecule has 7 heteroatoms. The molecule has 126 valence electrons. The number of amides is 2. The Kier molecular flexibility index (Phi) is 6.31. The van der Waals surface area contributed by atoms with Gasteiger partial charge in [-0.3, -0.25) is 20.3 Å². The number of carbonyl (C=O) groups excluding carboxylic acids is 2. The van der Waals surface area contributed by atoms with Gasteiger partial charge in [-0.1, -0.05) is 41.9 Å². The number of hydrazine groups is 1. The Morgan fingerprint density at radius 2 is 1.88 bits per heavy atom. The van der Waals surface area contributed by atoms with Crippen LogP contribution < -0.4 is 21.9 Å². The summed E-state index contributed by atoms with van der Waals surface area (Å²) in [5.74, 6) is 4.60. The molecule has 0 heterocycles. The zero-order valence-corrected chi connectivity index (χ0v) is 13.9. The van der Waals surface area contributed by atoms with E-state index in [2.05, 4.69) is 16.1 Å². The highest BCUT2D eigenvalue weighted by molar-refractivity contribution is 6.30. The molecule has 0 aliphatic carbocycles. The number of carbonyl (C=O) groups is 2. The normalized spacial score (nSPS) is 11.6. The maximum absolute atomic E-state index is 11.5. The van der Waals surface area contributed by atoms with Crippen LogP contribution in [0.1, 0.15) is 24.1 Å².